The molecule has 2 aromatic rings. The van der Waals surface area contributed by atoms with Gasteiger partial charge in [-0.1, -0.05) is 11.8 Å². The fourth-order valence-electron chi connectivity index (χ4n) is 0.978. The van der Waals surface area contributed by atoms with Gasteiger partial charge in [-0.3, -0.25) is 0 Å². The maximum absolute atomic E-state index is 5.27. The normalized spacial score (nSPS) is 9.50. The first-order chi connectivity index (χ1) is 5.83. The molecule has 0 aliphatic rings. The lowest BCUT2D eigenvalue weighted by Gasteiger charge is -1.74. The number of rotatable bonds is 0. The maximum Gasteiger partial charge on any atom is 0.0786 e. The van der Waals surface area contributed by atoms with Crippen LogP contribution < -0.4 is 0 Å². The van der Waals surface area contributed by atoms with Crippen LogP contribution in [0, 0.1) is 24.7 Å². The van der Waals surface area contributed by atoms with Gasteiger partial charge >= 0.3 is 0 Å². The molecule has 0 spiro atoms. The van der Waals surface area contributed by atoms with Crippen molar-refractivity contribution in [3.63, 3.8) is 0 Å². The fourth-order valence-corrected chi connectivity index (χ4v) is 3.00. The van der Waals surface area contributed by atoms with Crippen LogP contribution in [0.3, 0.4) is 0 Å². The number of thiophene rings is 2. The molecule has 0 saturated carbocycles. The number of hydrogen-bond donors (Lipinski definition) is 0. The summed E-state index contributed by atoms with van der Waals surface area (Å²) in [6.07, 6.45) is 10.5. The molecule has 0 amide bonds. The SMILES string of the molecule is C#Cc1cc2sc(C#C)cc2s1. The minimum absolute atomic E-state index is 0.972. The Morgan fingerprint density at radius 2 is 1.33 bits per heavy atom. The molecule has 0 bridgehead atoms. The lowest BCUT2D eigenvalue weighted by Crippen LogP contribution is -1.55. The molecule has 56 valence electrons. The molecule has 0 aliphatic heterocycles. The van der Waals surface area contributed by atoms with Crippen molar-refractivity contribution in [3.05, 3.63) is 21.9 Å². The predicted molar refractivity (Wildman–Crippen MR) is 55.6 cm³/mol. The van der Waals surface area contributed by atoms with Gasteiger partial charge in [-0.05, 0) is 12.1 Å². The van der Waals surface area contributed by atoms with E-state index >= 15 is 0 Å². The van der Waals surface area contributed by atoms with Crippen LogP contribution in [-0.4, -0.2) is 0 Å². The number of fused-ring (bicyclic) bond motifs is 1. The largest absolute Gasteiger partial charge is 0.126 e. The molecule has 2 heterocycles. The van der Waals surface area contributed by atoms with Crippen molar-refractivity contribution < 1.29 is 0 Å². The third kappa shape index (κ3) is 1.02. The number of terminal acetylenes is 2. The molecule has 0 fully saturated rings. The first kappa shape index (κ1) is 7.43. The Kier molecular flexibility index (Phi) is 1.66. The quantitative estimate of drug-likeness (QED) is 0.558. The van der Waals surface area contributed by atoms with E-state index in [0.717, 1.165) is 9.75 Å². The molecule has 0 N–H and O–H groups in total. The van der Waals surface area contributed by atoms with Gasteiger partial charge in [-0.25, -0.2) is 0 Å². The Bertz CT molecular complexity index is 425. The standard InChI is InChI=1S/C10H4S2/c1-3-7-5-9-10(11-7)6-8(4-2)12-9/h1-2,5-6H. The zero-order chi connectivity index (χ0) is 8.55. The average molecular weight is 188 g/mol. The van der Waals surface area contributed by atoms with E-state index in [9.17, 15) is 0 Å². The van der Waals surface area contributed by atoms with Gasteiger partial charge in [0.25, 0.3) is 0 Å². The minimum Gasteiger partial charge on any atom is -0.126 e. The van der Waals surface area contributed by atoms with Crippen molar-refractivity contribution >= 4 is 32.1 Å². The van der Waals surface area contributed by atoms with Crippen LogP contribution in [0.5, 0.6) is 0 Å². The summed E-state index contributed by atoms with van der Waals surface area (Å²) in [4.78, 5) is 1.94. The molecular formula is C10H4S2. The highest BCUT2D eigenvalue weighted by molar-refractivity contribution is 7.28. The highest BCUT2D eigenvalue weighted by atomic mass is 32.1. The van der Waals surface area contributed by atoms with E-state index in [4.69, 9.17) is 12.8 Å². The molecule has 2 rings (SSSR count). The predicted octanol–water partition coefficient (Wildman–Crippen LogP) is 2.93. The summed E-state index contributed by atoms with van der Waals surface area (Å²) in [5, 5.41) is 0. The Morgan fingerprint density at radius 3 is 1.67 bits per heavy atom. The molecule has 0 nitrogen and oxygen atoms in total. The van der Waals surface area contributed by atoms with E-state index in [1.54, 1.807) is 22.7 Å². The first-order valence-corrected chi connectivity index (χ1v) is 4.93. The van der Waals surface area contributed by atoms with Crippen molar-refractivity contribution in [2.24, 2.45) is 0 Å². The van der Waals surface area contributed by atoms with Gasteiger partial charge in [0.2, 0.25) is 0 Å². The molecule has 0 radical (unpaired) electrons. The summed E-state index contributed by atoms with van der Waals surface area (Å²) in [7, 11) is 0. The molecule has 0 unspecified atom stereocenters. The summed E-state index contributed by atoms with van der Waals surface area (Å²) in [5.74, 6) is 5.23. The Hall–Kier alpha value is -1.22. The van der Waals surface area contributed by atoms with Crippen molar-refractivity contribution in [1.29, 1.82) is 0 Å². The first-order valence-electron chi connectivity index (χ1n) is 3.30. The van der Waals surface area contributed by atoms with Gasteiger partial charge < -0.3 is 0 Å². The van der Waals surface area contributed by atoms with Gasteiger partial charge in [-0.15, -0.1) is 35.5 Å². The van der Waals surface area contributed by atoms with E-state index in [1.165, 1.54) is 9.40 Å². The maximum atomic E-state index is 5.27. The van der Waals surface area contributed by atoms with Gasteiger partial charge in [0, 0.05) is 9.40 Å². The molecule has 0 saturated heterocycles. The van der Waals surface area contributed by atoms with Crippen LogP contribution in [-0.2, 0) is 0 Å². The summed E-state index contributed by atoms with van der Waals surface area (Å²) in [6, 6.07) is 4.01. The molecule has 2 heteroatoms. The Labute approximate surface area is 78.9 Å². The van der Waals surface area contributed by atoms with Crippen LogP contribution in [0.4, 0.5) is 0 Å². The van der Waals surface area contributed by atoms with Crippen LogP contribution in [0.15, 0.2) is 12.1 Å². The summed E-state index contributed by atoms with van der Waals surface area (Å²) in [5.41, 5.74) is 0. The third-order valence-electron chi connectivity index (χ3n) is 1.49. The Morgan fingerprint density at radius 1 is 0.917 bits per heavy atom. The lowest BCUT2D eigenvalue weighted by molar-refractivity contribution is 2.06. The van der Waals surface area contributed by atoms with Crippen molar-refractivity contribution in [2.45, 2.75) is 0 Å². The van der Waals surface area contributed by atoms with Crippen molar-refractivity contribution in [2.75, 3.05) is 0 Å². The highest BCUT2D eigenvalue weighted by Crippen LogP contribution is 2.32. The van der Waals surface area contributed by atoms with Gasteiger partial charge in [0.05, 0.1) is 9.75 Å². The fraction of sp³-hybridized carbons (Fsp3) is 0. The second-order valence-electron chi connectivity index (χ2n) is 2.24. The molecule has 2 aromatic heterocycles. The van der Waals surface area contributed by atoms with E-state index in [-0.39, 0.29) is 0 Å². The van der Waals surface area contributed by atoms with Crippen LogP contribution in [0.1, 0.15) is 9.75 Å². The van der Waals surface area contributed by atoms with Crippen molar-refractivity contribution in [3.8, 4) is 24.7 Å². The van der Waals surface area contributed by atoms with Gasteiger partial charge in [0.15, 0.2) is 0 Å². The van der Waals surface area contributed by atoms with E-state index < -0.39 is 0 Å². The van der Waals surface area contributed by atoms with Crippen LogP contribution in [0.2, 0.25) is 0 Å². The van der Waals surface area contributed by atoms with Crippen molar-refractivity contribution in [1.82, 2.24) is 0 Å². The van der Waals surface area contributed by atoms with E-state index in [1.807, 2.05) is 12.1 Å². The minimum atomic E-state index is 0.972. The van der Waals surface area contributed by atoms with Crippen LogP contribution >= 0.6 is 22.7 Å². The molecule has 0 atom stereocenters. The second-order valence-corrected chi connectivity index (χ2v) is 4.41. The monoisotopic (exact) mass is 188 g/mol. The zero-order valence-electron chi connectivity index (χ0n) is 6.13. The van der Waals surface area contributed by atoms with E-state index in [0.29, 0.717) is 0 Å². The summed E-state index contributed by atoms with van der Waals surface area (Å²) < 4.78 is 2.39. The Balaban J connectivity index is 2.71. The zero-order valence-corrected chi connectivity index (χ0v) is 7.76. The molecule has 12 heavy (non-hydrogen) atoms. The summed E-state index contributed by atoms with van der Waals surface area (Å²) >= 11 is 3.22. The summed E-state index contributed by atoms with van der Waals surface area (Å²) in [6.45, 7) is 0. The average Bonchev–Trinajstić information content (AvgIpc) is 2.59. The van der Waals surface area contributed by atoms with Gasteiger partial charge in [-0.2, -0.15) is 0 Å². The van der Waals surface area contributed by atoms with E-state index in [2.05, 4.69) is 11.8 Å². The second kappa shape index (κ2) is 2.68. The highest BCUT2D eigenvalue weighted by Gasteiger charge is 2.03. The third-order valence-corrected chi connectivity index (χ3v) is 3.65. The molecular weight excluding hydrogens is 184 g/mol. The smallest absolute Gasteiger partial charge is 0.0786 e. The topological polar surface area (TPSA) is 0 Å². The molecule has 0 aromatic carbocycles. The van der Waals surface area contributed by atoms with Crippen LogP contribution in [0.25, 0.3) is 9.40 Å². The van der Waals surface area contributed by atoms with Gasteiger partial charge in [0.1, 0.15) is 0 Å². The lowest BCUT2D eigenvalue weighted by atomic mass is 10.4. The molecule has 0 aliphatic carbocycles. The number of hydrogen-bond acceptors (Lipinski definition) is 2.